The zero-order chi connectivity index (χ0) is 38.4. The summed E-state index contributed by atoms with van der Waals surface area (Å²) in [4.78, 5) is 20.1. The maximum absolute atomic E-state index is 6.50. The van der Waals surface area contributed by atoms with Crippen LogP contribution in [0.3, 0.4) is 0 Å². The first-order valence-electron chi connectivity index (χ1n) is 19.2. The average Bonchev–Trinajstić information content (AvgIpc) is 3.92. The fourth-order valence-corrected chi connectivity index (χ4v) is 7.66. The summed E-state index contributed by atoms with van der Waals surface area (Å²) < 4.78 is 12.7. The Bertz CT molecular complexity index is 3210. The van der Waals surface area contributed by atoms with Crippen LogP contribution in [0.5, 0.6) is 0 Å². The summed E-state index contributed by atoms with van der Waals surface area (Å²) in [7, 11) is 0. The Kier molecular flexibility index (Phi) is 8.04. The van der Waals surface area contributed by atoms with Crippen molar-refractivity contribution in [3.05, 3.63) is 194 Å². The van der Waals surface area contributed by atoms with Gasteiger partial charge in [-0.15, -0.1) is 0 Å². The van der Waals surface area contributed by atoms with E-state index in [1.165, 1.54) is 0 Å². The zero-order valence-corrected chi connectivity index (χ0v) is 31.1. The predicted octanol–water partition coefficient (Wildman–Crippen LogP) is 13.6. The number of oxazole rings is 1. The number of benzene rings is 8. The first-order valence-corrected chi connectivity index (χ1v) is 19.2. The zero-order valence-electron chi connectivity index (χ0n) is 31.1. The number of aromatic nitrogens is 4. The van der Waals surface area contributed by atoms with Crippen LogP contribution in [0.25, 0.3) is 112 Å². The lowest BCUT2D eigenvalue weighted by molar-refractivity contribution is 0.620. The van der Waals surface area contributed by atoms with Gasteiger partial charge in [-0.25, -0.2) is 19.9 Å². The number of rotatable bonds is 7. The number of fused-ring (bicyclic) bond motifs is 4. The van der Waals surface area contributed by atoms with E-state index in [2.05, 4.69) is 115 Å². The van der Waals surface area contributed by atoms with Crippen molar-refractivity contribution in [2.24, 2.45) is 0 Å². The highest BCUT2D eigenvalue weighted by Gasteiger charge is 2.18. The standard InChI is InChI=1S/C52H32N4O2/c1-4-13-33(14-5-1)39-29-40(34-15-6-2-7-16-34)31-41(30-39)52-53-48-42(20-12-22-46(48)58-52)35-23-25-37(26-24-35)50-54-49(36-17-8-3-9-18-36)55-51(56-50)38-27-28-44-43-19-10-11-21-45(43)57-47(44)32-38/h1-32H. The quantitative estimate of drug-likeness (QED) is 0.162. The predicted molar refractivity (Wildman–Crippen MR) is 233 cm³/mol. The van der Waals surface area contributed by atoms with Crippen LogP contribution in [-0.4, -0.2) is 19.9 Å². The summed E-state index contributed by atoms with van der Waals surface area (Å²) in [5, 5.41) is 2.14. The van der Waals surface area contributed by atoms with Gasteiger partial charge in [0.2, 0.25) is 5.89 Å². The summed E-state index contributed by atoms with van der Waals surface area (Å²) in [6.07, 6.45) is 0. The fraction of sp³-hybridized carbons (Fsp3) is 0. The lowest BCUT2D eigenvalue weighted by atomic mass is 9.96. The van der Waals surface area contributed by atoms with Gasteiger partial charge >= 0.3 is 0 Å². The third-order valence-electron chi connectivity index (χ3n) is 10.6. The Morgan fingerprint density at radius 1 is 0.276 bits per heavy atom. The van der Waals surface area contributed by atoms with Crippen molar-refractivity contribution < 1.29 is 8.83 Å². The molecule has 58 heavy (non-hydrogen) atoms. The van der Waals surface area contributed by atoms with E-state index in [-0.39, 0.29) is 0 Å². The van der Waals surface area contributed by atoms with E-state index in [1.54, 1.807) is 0 Å². The van der Waals surface area contributed by atoms with Gasteiger partial charge in [-0.2, -0.15) is 0 Å². The van der Waals surface area contributed by atoms with Gasteiger partial charge in [0, 0.05) is 38.6 Å². The number of furan rings is 1. The second-order valence-electron chi connectivity index (χ2n) is 14.3. The van der Waals surface area contributed by atoms with Crippen molar-refractivity contribution >= 4 is 33.0 Å². The van der Waals surface area contributed by atoms with Gasteiger partial charge in [0.25, 0.3) is 0 Å². The molecule has 0 fully saturated rings. The van der Waals surface area contributed by atoms with E-state index in [4.69, 9.17) is 28.8 Å². The van der Waals surface area contributed by atoms with Crippen molar-refractivity contribution in [1.82, 2.24) is 19.9 Å². The van der Waals surface area contributed by atoms with E-state index < -0.39 is 0 Å². The molecule has 6 nitrogen and oxygen atoms in total. The van der Waals surface area contributed by atoms with E-state index in [0.29, 0.717) is 23.4 Å². The normalized spacial score (nSPS) is 11.4. The van der Waals surface area contributed by atoms with E-state index in [0.717, 1.165) is 88.7 Å². The largest absolute Gasteiger partial charge is 0.456 e. The van der Waals surface area contributed by atoms with Crippen LogP contribution in [0.15, 0.2) is 203 Å². The highest BCUT2D eigenvalue weighted by molar-refractivity contribution is 6.05. The third-order valence-corrected chi connectivity index (χ3v) is 10.6. The molecule has 272 valence electrons. The molecule has 0 unspecified atom stereocenters. The van der Waals surface area contributed by atoms with Gasteiger partial charge in [0.1, 0.15) is 16.7 Å². The van der Waals surface area contributed by atoms with Crippen LogP contribution in [0, 0.1) is 0 Å². The fourth-order valence-electron chi connectivity index (χ4n) is 7.66. The minimum absolute atomic E-state index is 0.570. The van der Waals surface area contributed by atoms with Crippen LogP contribution in [0.1, 0.15) is 0 Å². The maximum atomic E-state index is 6.50. The van der Waals surface area contributed by atoms with Gasteiger partial charge in [0.15, 0.2) is 23.1 Å². The summed E-state index contributed by atoms with van der Waals surface area (Å²) in [5.41, 5.74) is 13.1. The average molecular weight is 745 g/mol. The number of para-hydroxylation sites is 2. The Balaban J connectivity index is 0.974. The molecule has 0 aliphatic heterocycles. The Hall–Kier alpha value is -7.96. The van der Waals surface area contributed by atoms with E-state index in [9.17, 15) is 0 Å². The molecule has 0 N–H and O–H groups in total. The molecule has 0 saturated heterocycles. The molecular formula is C52H32N4O2. The lowest BCUT2D eigenvalue weighted by Gasteiger charge is -2.09. The second-order valence-corrected chi connectivity index (χ2v) is 14.3. The molecule has 0 radical (unpaired) electrons. The summed E-state index contributed by atoms with van der Waals surface area (Å²) in [5.74, 6) is 2.32. The third kappa shape index (κ3) is 6.10. The van der Waals surface area contributed by atoms with Crippen molar-refractivity contribution in [3.63, 3.8) is 0 Å². The van der Waals surface area contributed by atoms with Crippen LogP contribution in [0.4, 0.5) is 0 Å². The highest BCUT2D eigenvalue weighted by atomic mass is 16.3. The Morgan fingerprint density at radius 2 is 0.776 bits per heavy atom. The maximum Gasteiger partial charge on any atom is 0.227 e. The van der Waals surface area contributed by atoms with Gasteiger partial charge in [-0.05, 0) is 70.3 Å². The number of hydrogen-bond acceptors (Lipinski definition) is 6. The Labute approximate surface area is 333 Å². The van der Waals surface area contributed by atoms with Gasteiger partial charge in [0.05, 0.1) is 0 Å². The summed E-state index contributed by atoms with van der Waals surface area (Å²) >= 11 is 0. The molecule has 11 aromatic rings. The first kappa shape index (κ1) is 33.4. The molecule has 0 amide bonds. The molecule has 0 spiro atoms. The summed E-state index contributed by atoms with van der Waals surface area (Å²) in [6, 6.07) is 66.0. The second kappa shape index (κ2) is 14.0. The van der Waals surface area contributed by atoms with Gasteiger partial charge in [-0.3, -0.25) is 0 Å². The topological polar surface area (TPSA) is 77.8 Å². The van der Waals surface area contributed by atoms with Gasteiger partial charge < -0.3 is 8.83 Å². The highest BCUT2D eigenvalue weighted by Crippen LogP contribution is 2.37. The molecule has 11 rings (SSSR count). The lowest BCUT2D eigenvalue weighted by Crippen LogP contribution is -2.00. The first-order chi connectivity index (χ1) is 28.7. The molecule has 0 bridgehead atoms. The minimum Gasteiger partial charge on any atom is -0.456 e. The Morgan fingerprint density at radius 3 is 1.45 bits per heavy atom. The monoisotopic (exact) mass is 744 g/mol. The summed E-state index contributed by atoms with van der Waals surface area (Å²) in [6.45, 7) is 0. The van der Waals surface area contributed by atoms with Crippen molar-refractivity contribution in [2.45, 2.75) is 0 Å². The SMILES string of the molecule is c1ccc(-c2cc(-c3ccccc3)cc(-c3nc4c(-c5ccc(-c6nc(-c7ccccc7)nc(-c7ccc8c(c7)oc7ccccc78)n6)cc5)cccc4o3)c2)cc1. The van der Waals surface area contributed by atoms with Gasteiger partial charge in [-0.1, -0.05) is 152 Å². The van der Waals surface area contributed by atoms with Crippen LogP contribution < -0.4 is 0 Å². The van der Waals surface area contributed by atoms with Crippen molar-refractivity contribution in [1.29, 1.82) is 0 Å². The minimum atomic E-state index is 0.570. The van der Waals surface area contributed by atoms with Crippen molar-refractivity contribution in [2.75, 3.05) is 0 Å². The van der Waals surface area contributed by atoms with E-state index in [1.807, 2.05) is 78.9 Å². The molecule has 8 aromatic carbocycles. The number of nitrogens with zero attached hydrogens (tertiary/aromatic N) is 4. The number of hydrogen-bond donors (Lipinski definition) is 0. The van der Waals surface area contributed by atoms with Crippen LogP contribution in [0.2, 0.25) is 0 Å². The molecule has 3 heterocycles. The van der Waals surface area contributed by atoms with E-state index >= 15 is 0 Å². The molecule has 3 aromatic heterocycles. The van der Waals surface area contributed by atoms with Crippen molar-refractivity contribution in [3.8, 4) is 79.0 Å². The molecular weight excluding hydrogens is 713 g/mol. The molecule has 0 aliphatic rings. The van der Waals surface area contributed by atoms with Crippen LogP contribution >= 0.6 is 0 Å². The smallest absolute Gasteiger partial charge is 0.227 e. The van der Waals surface area contributed by atoms with Crippen LogP contribution in [-0.2, 0) is 0 Å². The molecule has 6 heteroatoms. The molecule has 0 atom stereocenters. The molecule has 0 aliphatic carbocycles. The molecule has 0 saturated carbocycles.